The summed E-state index contributed by atoms with van der Waals surface area (Å²) < 4.78 is 12.7. The minimum absolute atomic E-state index is 0.0335. The summed E-state index contributed by atoms with van der Waals surface area (Å²) in [5, 5.41) is 2.83. The number of benzene rings is 1. The first kappa shape index (κ1) is 14.6. The fraction of sp³-hybridized carbons (Fsp3) is 0.500. The zero-order valence-corrected chi connectivity index (χ0v) is 11.1. The van der Waals surface area contributed by atoms with E-state index in [1.54, 1.807) is 12.1 Å². The van der Waals surface area contributed by atoms with E-state index in [2.05, 4.69) is 24.1 Å². The molecule has 0 saturated heterocycles. The molecule has 4 heteroatoms. The predicted molar refractivity (Wildman–Crippen MR) is 70.7 cm³/mol. The van der Waals surface area contributed by atoms with Crippen LogP contribution >= 0.6 is 0 Å². The molecule has 0 aliphatic rings. The topological polar surface area (TPSA) is 32.3 Å². The number of carbonyl (C=O) groups excluding carboxylic acids is 1. The zero-order valence-electron chi connectivity index (χ0n) is 11.1. The van der Waals surface area contributed by atoms with Crippen LogP contribution in [-0.4, -0.2) is 30.4 Å². The van der Waals surface area contributed by atoms with Gasteiger partial charge in [0.15, 0.2) is 0 Å². The van der Waals surface area contributed by atoms with Gasteiger partial charge in [-0.25, -0.2) is 4.39 Å². The van der Waals surface area contributed by atoms with Crippen LogP contribution in [0.2, 0.25) is 0 Å². The lowest BCUT2D eigenvalue weighted by molar-refractivity contribution is -0.121. The highest BCUT2D eigenvalue weighted by Crippen LogP contribution is 2.02. The Kier molecular flexibility index (Phi) is 6.36. The summed E-state index contributed by atoms with van der Waals surface area (Å²) in [7, 11) is 0. The van der Waals surface area contributed by atoms with Crippen molar-refractivity contribution in [2.24, 2.45) is 0 Å². The second-order valence-corrected chi connectivity index (χ2v) is 4.18. The van der Waals surface area contributed by atoms with E-state index in [0.29, 0.717) is 13.0 Å². The molecule has 0 saturated carbocycles. The summed E-state index contributed by atoms with van der Waals surface area (Å²) in [6.45, 7) is 7.32. The van der Waals surface area contributed by atoms with E-state index in [0.717, 1.165) is 25.2 Å². The van der Waals surface area contributed by atoms with Gasteiger partial charge in [-0.05, 0) is 30.8 Å². The summed E-state index contributed by atoms with van der Waals surface area (Å²) in [5.41, 5.74) is 0.910. The van der Waals surface area contributed by atoms with Gasteiger partial charge in [0, 0.05) is 19.5 Å². The first-order valence-corrected chi connectivity index (χ1v) is 6.39. The Hall–Kier alpha value is -1.42. The van der Waals surface area contributed by atoms with E-state index in [-0.39, 0.29) is 11.7 Å². The van der Waals surface area contributed by atoms with Crippen LogP contribution < -0.4 is 5.32 Å². The van der Waals surface area contributed by atoms with Crippen LogP contribution in [0, 0.1) is 5.82 Å². The number of hydrogen-bond acceptors (Lipinski definition) is 2. The highest BCUT2D eigenvalue weighted by molar-refractivity contribution is 5.76. The molecule has 0 aromatic heterocycles. The molecule has 1 aromatic rings. The van der Waals surface area contributed by atoms with Crippen molar-refractivity contribution >= 4 is 5.91 Å². The van der Waals surface area contributed by atoms with E-state index < -0.39 is 0 Å². The Morgan fingerprint density at radius 1 is 1.22 bits per heavy atom. The van der Waals surface area contributed by atoms with Gasteiger partial charge in [-0.2, -0.15) is 0 Å². The second kappa shape index (κ2) is 7.82. The molecule has 1 N–H and O–H groups in total. The summed E-state index contributed by atoms with van der Waals surface area (Å²) in [6.07, 6.45) is 0.503. The van der Waals surface area contributed by atoms with Crippen LogP contribution in [0.5, 0.6) is 0 Å². The lowest BCUT2D eigenvalue weighted by atomic mass is 10.2. The fourth-order valence-electron chi connectivity index (χ4n) is 1.69. The lowest BCUT2D eigenvalue weighted by Crippen LogP contribution is -2.30. The number of nitrogens with one attached hydrogen (secondary N) is 1. The van der Waals surface area contributed by atoms with Crippen LogP contribution in [0.25, 0.3) is 0 Å². The van der Waals surface area contributed by atoms with E-state index in [9.17, 15) is 9.18 Å². The van der Waals surface area contributed by atoms with Crippen molar-refractivity contribution in [3.63, 3.8) is 0 Å². The number of carbonyl (C=O) groups is 1. The van der Waals surface area contributed by atoms with Crippen molar-refractivity contribution in [1.82, 2.24) is 10.2 Å². The largest absolute Gasteiger partial charge is 0.352 e. The van der Waals surface area contributed by atoms with Crippen LogP contribution in [-0.2, 0) is 11.3 Å². The summed E-state index contributed by atoms with van der Waals surface area (Å²) in [6, 6.07) is 6.16. The molecule has 100 valence electrons. The van der Waals surface area contributed by atoms with Crippen LogP contribution in [0.15, 0.2) is 24.3 Å². The van der Waals surface area contributed by atoms with Crippen LogP contribution in [0.1, 0.15) is 25.8 Å². The van der Waals surface area contributed by atoms with Crippen molar-refractivity contribution in [1.29, 1.82) is 0 Å². The second-order valence-electron chi connectivity index (χ2n) is 4.18. The molecular formula is C14H21FN2O. The fourth-order valence-corrected chi connectivity index (χ4v) is 1.69. The molecule has 0 fully saturated rings. The van der Waals surface area contributed by atoms with Gasteiger partial charge in [0.1, 0.15) is 5.82 Å². The van der Waals surface area contributed by atoms with Gasteiger partial charge in [0.05, 0.1) is 0 Å². The molecule has 18 heavy (non-hydrogen) atoms. The SMILES string of the molecule is CCN(CC)CCC(=O)NCc1ccc(F)cc1. The molecular weight excluding hydrogens is 231 g/mol. The minimum Gasteiger partial charge on any atom is -0.352 e. The van der Waals surface area contributed by atoms with E-state index in [4.69, 9.17) is 0 Å². The Morgan fingerprint density at radius 3 is 2.39 bits per heavy atom. The molecule has 3 nitrogen and oxygen atoms in total. The highest BCUT2D eigenvalue weighted by Gasteiger charge is 2.04. The number of hydrogen-bond donors (Lipinski definition) is 1. The van der Waals surface area contributed by atoms with Gasteiger partial charge < -0.3 is 10.2 Å². The standard InChI is InChI=1S/C14H21FN2O/c1-3-17(4-2)10-9-14(18)16-11-12-5-7-13(15)8-6-12/h5-8H,3-4,9-11H2,1-2H3,(H,16,18). The van der Waals surface area contributed by atoms with Gasteiger partial charge in [-0.3, -0.25) is 4.79 Å². The number of rotatable bonds is 7. The van der Waals surface area contributed by atoms with Crippen molar-refractivity contribution in [3.8, 4) is 0 Å². The van der Waals surface area contributed by atoms with Crippen LogP contribution in [0.3, 0.4) is 0 Å². The summed E-state index contributed by atoms with van der Waals surface area (Å²) >= 11 is 0. The molecule has 0 spiro atoms. The third-order valence-corrected chi connectivity index (χ3v) is 2.95. The molecule has 0 unspecified atom stereocenters. The van der Waals surface area contributed by atoms with Crippen LogP contribution in [0.4, 0.5) is 4.39 Å². The highest BCUT2D eigenvalue weighted by atomic mass is 19.1. The molecule has 1 aromatic carbocycles. The monoisotopic (exact) mass is 252 g/mol. The van der Waals surface area contributed by atoms with Gasteiger partial charge in [-0.15, -0.1) is 0 Å². The predicted octanol–water partition coefficient (Wildman–Crippen LogP) is 2.17. The number of amides is 1. The summed E-state index contributed by atoms with van der Waals surface area (Å²) in [5.74, 6) is -0.224. The van der Waals surface area contributed by atoms with E-state index >= 15 is 0 Å². The molecule has 0 aliphatic carbocycles. The number of halogens is 1. The maximum absolute atomic E-state index is 12.7. The lowest BCUT2D eigenvalue weighted by Gasteiger charge is -2.17. The average molecular weight is 252 g/mol. The van der Waals surface area contributed by atoms with Gasteiger partial charge in [0.2, 0.25) is 5.91 Å². The van der Waals surface area contributed by atoms with Gasteiger partial charge >= 0.3 is 0 Å². The Morgan fingerprint density at radius 2 is 1.83 bits per heavy atom. The third-order valence-electron chi connectivity index (χ3n) is 2.95. The normalized spacial score (nSPS) is 10.7. The molecule has 0 radical (unpaired) electrons. The molecule has 0 atom stereocenters. The summed E-state index contributed by atoms with van der Waals surface area (Å²) in [4.78, 5) is 13.8. The first-order valence-electron chi connectivity index (χ1n) is 6.39. The van der Waals surface area contributed by atoms with Crippen molar-refractivity contribution in [3.05, 3.63) is 35.6 Å². The maximum atomic E-state index is 12.7. The Bertz CT molecular complexity index is 361. The van der Waals surface area contributed by atoms with Crippen molar-refractivity contribution in [2.45, 2.75) is 26.8 Å². The van der Waals surface area contributed by atoms with Crippen molar-refractivity contribution < 1.29 is 9.18 Å². The molecule has 1 rings (SSSR count). The van der Waals surface area contributed by atoms with Gasteiger partial charge in [0.25, 0.3) is 0 Å². The molecule has 0 bridgehead atoms. The smallest absolute Gasteiger partial charge is 0.221 e. The third kappa shape index (κ3) is 5.27. The van der Waals surface area contributed by atoms with E-state index in [1.165, 1.54) is 12.1 Å². The zero-order chi connectivity index (χ0) is 13.4. The Balaban J connectivity index is 2.26. The van der Waals surface area contributed by atoms with Crippen molar-refractivity contribution in [2.75, 3.05) is 19.6 Å². The first-order chi connectivity index (χ1) is 8.65. The maximum Gasteiger partial charge on any atom is 0.221 e. The Labute approximate surface area is 108 Å². The average Bonchev–Trinajstić information content (AvgIpc) is 2.39. The molecule has 0 heterocycles. The minimum atomic E-state index is -0.258. The quantitative estimate of drug-likeness (QED) is 0.806. The van der Waals surface area contributed by atoms with Gasteiger partial charge in [-0.1, -0.05) is 26.0 Å². The molecule has 1 amide bonds. The van der Waals surface area contributed by atoms with E-state index in [1.807, 2.05) is 0 Å². The number of nitrogens with zero attached hydrogens (tertiary/aromatic N) is 1. The molecule has 0 aliphatic heterocycles.